The van der Waals surface area contributed by atoms with Crippen LogP contribution in [0.4, 0.5) is 10.1 Å². The van der Waals surface area contributed by atoms with Gasteiger partial charge in [0, 0.05) is 18.8 Å². The molecule has 134 valence electrons. The number of piperidine rings is 1. The number of amides is 1. The summed E-state index contributed by atoms with van der Waals surface area (Å²) in [6, 6.07) is 5.99. The Bertz CT molecular complexity index is 738. The fraction of sp³-hybridized carbons (Fsp3) is 0.444. The Morgan fingerprint density at radius 2 is 2.28 bits per heavy atom. The van der Waals surface area contributed by atoms with Gasteiger partial charge in [0.1, 0.15) is 11.6 Å². The highest BCUT2D eigenvalue weighted by Gasteiger charge is 2.19. The van der Waals surface area contributed by atoms with Crippen LogP contribution in [-0.2, 0) is 0 Å². The number of nitrogens with one attached hydrogen (secondary N) is 2. The molecule has 1 aliphatic heterocycles. The SMILES string of the molecule is CC(C)Oc1ccc(F)cc1NC(=O)c1ccn(C2CCCNC2)n1. The van der Waals surface area contributed by atoms with Gasteiger partial charge in [-0.2, -0.15) is 5.10 Å². The van der Waals surface area contributed by atoms with Crippen LogP contribution in [0.5, 0.6) is 5.75 Å². The number of halogens is 1. The lowest BCUT2D eigenvalue weighted by atomic mass is 10.1. The third kappa shape index (κ3) is 4.36. The van der Waals surface area contributed by atoms with Crippen LogP contribution in [0.1, 0.15) is 43.2 Å². The van der Waals surface area contributed by atoms with Crippen LogP contribution in [0.2, 0.25) is 0 Å². The summed E-state index contributed by atoms with van der Waals surface area (Å²) in [5.74, 6) is -0.396. The second-order valence-electron chi connectivity index (χ2n) is 6.44. The van der Waals surface area contributed by atoms with Gasteiger partial charge in [-0.3, -0.25) is 9.48 Å². The van der Waals surface area contributed by atoms with E-state index in [1.807, 2.05) is 24.7 Å². The topological polar surface area (TPSA) is 68.2 Å². The van der Waals surface area contributed by atoms with Gasteiger partial charge in [-0.25, -0.2) is 4.39 Å². The van der Waals surface area contributed by atoms with E-state index < -0.39 is 5.82 Å². The first-order valence-corrected chi connectivity index (χ1v) is 8.56. The lowest BCUT2D eigenvalue weighted by molar-refractivity contribution is 0.102. The maximum atomic E-state index is 13.6. The average molecular weight is 346 g/mol. The van der Waals surface area contributed by atoms with Crippen molar-refractivity contribution in [2.24, 2.45) is 0 Å². The zero-order valence-corrected chi connectivity index (χ0v) is 14.5. The van der Waals surface area contributed by atoms with Gasteiger partial charge >= 0.3 is 0 Å². The van der Waals surface area contributed by atoms with Crippen molar-refractivity contribution in [3.8, 4) is 5.75 Å². The molecule has 1 saturated heterocycles. The first-order valence-electron chi connectivity index (χ1n) is 8.56. The molecule has 2 N–H and O–H groups in total. The second-order valence-corrected chi connectivity index (χ2v) is 6.44. The van der Waals surface area contributed by atoms with Crippen molar-refractivity contribution in [1.29, 1.82) is 0 Å². The molecular weight excluding hydrogens is 323 g/mol. The van der Waals surface area contributed by atoms with Gasteiger partial charge in [-0.1, -0.05) is 0 Å². The van der Waals surface area contributed by atoms with Gasteiger partial charge in [-0.05, 0) is 51.4 Å². The molecule has 1 aromatic heterocycles. The van der Waals surface area contributed by atoms with Gasteiger partial charge in [0.15, 0.2) is 5.69 Å². The lowest BCUT2D eigenvalue weighted by Crippen LogP contribution is -2.32. The van der Waals surface area contributed by atoms with Gasteiger partial charge in [0.2, 0.25) is 0 Å². The molecule has 1 aromatic carbocycles. The molecule has 1 atom stereocenters. The van der Waals surface area contributed by atoms with Crippen molar-refractivity contribution in [3.05, 3.63) is 42.0 Å². The first-order chi connectivity index (χ1) is 12.0. The van der Waals surface area contributed by atoms with Crippen LogP contribution in [0, 0.1) is 5.82 Å². The maximum absolute atomic E-state index is 13.6. The summed E-state index contributed by atoms with van der Waals surface area (Å²) in [6.45, 7) is 5.60. The number of nitrogens with zero attached hydrogens (tertiary/aromatic N) is 2. The molecule has 3 rings (SSSR count). The molecule has 0 radical (unpaired) electrons. The largest absolute Gasteiger partial charge is 0.489 e. The standard InChI is InChI=1S/C18H23FN4O2/c1-12(2)25-17-6-5-13(19)10-16(17)21-18(24)15-7-9-23(22-15)14-4-3-8-20-11-14/h5-7,9-10,12,14,20H,3-4,8,11H2,1-2H3,(H,21,24). The van der Waals surface area contributed by atoms with Crippen molar-refractivity contribution in [1.82, 2.24) is 15.1 Å². The Morgan fingerprint density at radius 3 is 3.00 bits per heavy atom. The minimum Gasteiger partial charge on any atom is -0.489 e. The molecule has 2 heterocycles. The molecule has 2 aromatic rings. The lowest BCUT2D eigenvalue weighted by Gasteiger charge is -2.22. The minimum atomic E-state index is -0.440. The maximum Gasteiger partial charge on any atom is 0.276 e. The number of benzene rings is 1. The number of rotatable bonds is 5. The quantitative estimate of drug-likeness (QED) is 0.873. The van der Waals surface area contributed by atoms with Crippen LogP contribution in [0.15, 0.2) is 30.5 Å². The molecule has 0 bridgehead atoms. The molecule has 1 unspecified atom stereocenters. The van der Waals surface area contributed by atoms with E-state index in [2.05, 4.69) is 15.7 Å². The molecule has 25 heavy (non-hydrogen) atoms. The third-order valence-electron chi connectivity index (χ3n) is 4.04. The van der Waals surface area contributed by atoms with E-state index in [4.69, 9.17) is 4.74 Å². The second kappa shape index (κ2) is 7.65. The Kier molecular flexibility index (Phi) is 5.33. The predicted octanol–water partition coefficient (Wildman–Crippen LogP) is 2.99. The van der Waals surface area contributed by atoms with E-state index in [1.165, 1.54) is 18.2 Å². The summed E-state index contributed by atoms with van der Waals surface area (Å²) in [7, 11) is 0. The Labute approximate surface area is 146 Å². The zero-order chi connectivity index (χ0) is 17.8. The summed E-state index contributed by atoms with van der Waals surface area (Å²) in [6.07, 6.45) is 3.85. The number of hydrogen-bond donors (Lipinski definition) is 2. The van der Waals surface area contributed by atoms with Crippen molar-refractivity contribution in [2.45, 2.75) is 38.8 Å². The average Bonchev–Trinajstić information content (AvgIpc) is 3.08. The normalized spacial score (nSPS) is 17.5. The highest BCUT2D eigenvalue weighted by atomic mass is 19.1. The summed E-state index contributed by atoms with van der Waals surface area (Å²) >= 11 is 0. The number of carbonyl (C=O) groups excluding carboxylic acids is 1. The summed E-state index contributed by atoms with van der Waals surface area (Å²) in [5, 5.41) is 10.4. The number of hydrogen-bond acceptors (Lipinski definition) is 4. The molecular formula is C18H23FN4O2. The monoisotopic (exact) mass is 346 g/mol. The smallest absolute Gasteiger partial charge is 0.276 e. The summed E-state index contributed by atoms with van der Waals surface area (Å²) in [4.78, 5) is 12.5. The number of ether oxygens (including phenoxy) is 1. The summed E-state index contributed by atoms with van der Waals surface area (Å²) < 4.78 is 21.0. The van der Waals surface area contributed by atoms with Crippen LogP contribution in [0.25, 0.3) is 0 Å². The van der Waals surface area contributed by atoms with Crippen LogP contribution in [-0.4, -0.2) is 34.9 Å². The van der Waals surface area contributed by atoms with Crippen LogP contribution < -0.4 is 15.4 Å². The molecule has 0 saturated carbocycles. The summed E-state index contributed by atoms with van der Waals surface area (Å²) in [5.41, 5.74) is 0.595. The molecule has 1 aliphatic rings. The van der Waals surface area contributed by atoms with Crippen molar-refractivity contribution >= 4 is 11.6 Å². The van der Waals surface area contributed by atoms with Crippen molar-refractivity contribution in [3.63, 3.8) is 0 Å². The Hall–Kier alpha value is -2.41. The van der Waals surface area contributed by atoms with E-state index in [9.17, 15) is 9.18 Å². The van der Waals surface area contributed by atoms with Gasteiger partial charge < -0.3 is 15.4 Å². The van der Waals surface area contributed by atoms with Crippen LogP contribution in [0.3, 0.4) is 0 Å². The molecule has 0 spiro atoms. The zero-order valence-electron chi connectivity index (χ0n) is 14.5. The first kappa shape index (κ1) is 17.4. The van der Waals surface area contributed by atoms with Gasteiger partial charge in [-0.15, -0.1) is 0 Å². The number of aromatic nitrogens is 2. The molecule has 0 aliphatic carbocycles. The van der Waals surface area contributed by atoms with Crippen LogP contribution >= 0.6 is 0 Å². The van der Waals surface area contributed by atoms with Gasteiger partial charge in [0.05, 0.1) is 17.8 Å². The van der Waals surface area contributed by atoms with E-state index in [0.717, 1.165) is 25.9 Å². The fourth-order valence-electron chi connectivity index (χ4n) is 2.86. The third-order valence-corrected chi connectivity index (χ3v) is 4.04. The number of anilines is 1. The highest BCUT2D eigenvalue weighted by Crippen LogP contribution is 2.27. The molecule has 1 amide bonds. The predicted molar refractivity (Wildman–Crippen MR) is 93.5 cm³/mol. The highest BCUT2D eigenvalue weighted by molar-refractivity contribution is 6.03. The Balaban J connectivity index is 1.74. The molecule has 6 nitrogen and oxygen atoms in total. The van der Waals surface area contributed by atoms with Crippen molar-refractivity contribution < 1.29 is 13.9 Å². The van der Waals surface area contributed by atoms with E-state index in [1.54, 1.807) is 6.07 Å². The van der Waals surface area contributed by atoms with E-state index >= 15 is 0 Å². The molecule has 7 heteroatoms. The minimum absolute atomic E-state index is 0.0841. The molecule has 1 fully saturated rings. The van der Waals surface area contributed by atoms with E-state index in [0.29, 0.717) is 17.1 Å². The number of carbonyl (C=O) groups is 1. The van der Waals surface area contributed by atoms with Crippen molar-refractivity contribution in [2.75, 3.05) is 18.4 Å². The Morgan fingerprint density at radius 1 is 1.44 bits per heavy atom. The van der Waals surface area contributed by atoms with Gasteiger partial charge in [0.25, 0.3) is 5.91 Å². The van der Waals surface area contributed by atoms with E-state index in [-0.39, 0.29) is 18.1 Å². The fourth-order valence-corrected chi connectivity index (χ4v) is 2.86.